The number of carbonyl (C=O) groups excluding carboxylic acids is 1. The van der Waals surface area contributed by atoms with Crippen molar-refractivity contribution >= 4 is 22.6 Å². The second kappa shape index (κ2) is 7.34. The molecule has 126 valence electrons. The van der Waals surface area contributed by atoms with Crippen molar-refractivity contribution in [3.05, 3.63) is 42.5 Å². The summed E-state index contributed by atoms with van der Waals surface area (Å²) in [7, 11) is 0. The van der Waals surface area contributed by atoms with Crippen LogP contribution in [0, 0.1) is 0 Å². The van der Waals surface area contributed by atoms with E-state index in [1.165, 1.54) is 4.90 Å². The van der Waals surface area contributed by atoms with Crippen LogP contribution in [-0.2, 0) is 9.59 Å². The number of aliphatic carboxylic acids is 1. The van der Waals surface area contributed by atoms with Crippen LogP contribution in [0.25, 0.3) is 10.8 Å². The van der Waals surface area contributed by atoms with Crippen LogP contribution in [0.1, 0.15) is 25.7 Å². The second-order valence-electron chi connectivity index (χ2n) is 6.01. The molecule has 5 nitrogen and oxygen atoms in total. The summed E-state index contributed by atoms with van der Waals surface area (Å²) >= 11 is 0. The third kappa shape index (κ3) is 3.50. The Morgan fingerprint density at radius 3 is 2.79 bits per heavy atom. The van der Waals surface area contributed by atoms with Gasteiger partial charge in [0, 0.05) is 18.4 Å². The molecule has 0 saturated carbocycles. The maximum absolute atomic E-state index is 12.2. The summed E-state index contributed by atoms with van der Waals surface area (Å²) in [5.41, 5.74) is 0. The van der Waals surface area contributed by atoms with Gasteiger partial charge in [-0.25, -0.2) is 4.79 Å². The molecule has 1 aliphatic rings. The molecule has 1 fully saturated rings. The molecule has 1 heterocycles. The molecular weight excluding hydrogens is 306 g/mol. The van der Waals surface area contributed by atoms with Gasteiger partial charge in [0.15, 0.2) is 0 Å². The predicted octanol–water partition coefficient (Wildman–Crippen LogP) is 3.07. The van der Waals surface area contributed by atoms with Crippen LogP contribution < -0.4 is 4.74 Å². The fourth-order valence-corrected chi connectivity index (χ4v) is 3.19. The number of nitrogens with zero attached hydrogens (tertiary/aromatic N) is 1. The van der Waals surface area contributed by atoms with Gasteiger partial charge in [-0.1, -0.05) is 36.4 Å². The number of hydrogen-bond donors (Lipinski definition) is 1. The zero-order valence-corrected chi connectivity index (χ0v) is 13.5. The van der Waals surface area contributed by atoms with E-state index in [4.69, 9.17) is 9.84 Å². The highest BCUT2D eigenvalue weighted by molar-refractivity contribution is 5.88. The lowest BCUT2D eigenvalue weighted by Crippen LogP contribution is -2.40. The second-order valence-corrected chi connectivity index (χ2v) is 6.01. The summed E-state index contributed by atoms with van der Waals surface area (Å²) in [6.45, 7) is 0.977. The van der Waals surface area contributed by atoms with Gasteiger partial charge in [-0.15, -0.1) is 0 Å². The van der Waals surface area contributed by atoms with Crippen molar-refractivity contribution in [2.75, 3.05) is 13.2 Å². The lowest BCUT2D eigenvalue weighted by molar-refractivity contribution is -0.148. The number of carbonyl (C=O) groups is 2. The first kappa shape index (κ1) is 16.3. The van der Waals surface area contributed by atoms with Crippen LogP contribution in [0.2, 0.25) is 0 Å². The van der Waals surface area contributed by atoms with Gasteiger partial charge in [-0.2, -0.15) is 0 Å². The number of ether oxygens (including phenoxy) is 1. The van der Waals surface area contributed by atoms with Gasteiger partial charge in [-0.3, -0.25) is 4.79 Å². The first-order valence-electron chi connectivity index (χ1n) is 8.29. The molecule has 1 N–H and O–H groups in total. The first-order chi connectivity index (χ1) is 11.7. The first-order valence-corrected chi connectivity index (χ1v) is 8.29. The van der Waals surface area contributed by atoms with E-state index >= 15 is 0 Å². The van der Waals surface area contributed by atoms with Gasteiger partial charge in [-0.05, 0) is 30.7 Å². The molecule has 0 aliphatic carbocycles. The van der Waals surface area contributed by atoms with Crippen LogP contribution in [-0.4, -0.2) is 41.1 Å². The minimum Gasteiger partial charge on any atom is -0.493 e. The molecule has 2 aromatic rings. The number of amides is 1. The van der Waals surface area contributed by atoms with Crippen LogP contribution >= 0.6 is 0 Å². The molecule has 1 atom stereocenters. The molecule has 0 spiro atoms. The van der Waals surface area contributed by atoms with Crippen LogP contribution in [0.5, 0.6) is 5.75 Å². The van der Waals surface area contributed by atoms with Crippen molar-refractivity contribution in [1.29, 1.82) is 0 Å². The Morgan fingerprint density at radius 2 is 1.96 bits per heavy atom. The minimum atomic E-state index is -0.909. The molecule has 0 unspecified atom stereocenters. The van der Waals surface area contributed by atoms with Crippen molar-refractivity contribution in [3.63, 3.8) is 0 Å². The Kier molecular flexibility index (Phi) is 4.99. The summed E-state index contributed by atoms with van der Waals surface area (Å²) in [5.74, 6) is -0.195. The van der Waals surface area contributed by atoms with Gasteiger partial charge in [0.05, 0.1) is 6.61 Å². The van der Waals surface area contributed by atoms with Crippen LogP contribution in [0.4, 0.5) is 0 Å². The molecular formula is C19H21NO4. The Labute approximate surface area is 140 Å². The van der Waals surface area contributed by atoms with Crippen molar-refractivity contribution in [2.45, 2.75) is 31.7 Å². The van der Waals surface area contributed by atoms with Crippen molar-refractivity contribution in [3.8, 4) is 5.75 Å². The number of carboxylic acid groups (broad SMARTS) is 1. The number of fused-ring (bicyclic) bond motifs is 1. The van der Waals surface area contributed by atoms with Crippen molar-refractivity contribution in [1.82, 2.24) is 4.90 Å². The molecule has 0 radical (unpaired) electrons. The minimum absolute atomic E-state index is 0.0959. The summed E-state index contributed by atoms with van der Waals surface area (Å²) < 4.78 is 5.82. The third-order valence-electron chi connectivity index (χ3n) is 4.40. The summed E-state index contributed by atoms with van der Waals surface area (Å²) in [6, 6.07) is 13.2. The van der Waals surface area contributed by atoms with E-state index in [9.17, 15) is 9.59 Å². The number of rotatable bonds is 6. The van der Waals surface area contributed by atoms with Gasteiger partial charge in [0.2, 0.25) is 5.91 Å². The largest absolute Gasteiger partial charge is 0.493 e. The quantitative estimate of drug-likeness (QED) is 0.828. The van der Waals surface area contributed by atoms with Crippen LogP contribution in [0.3, 0.4) is 0 Å². The number of benzene rings is 2. The monoisotopic (exact) mass is 327 g/mol. The van der Waals surface area contributed by atoms with Crippen LogP contribution in [0.15, 0.2) is 42.5 Å². The predicted molar refractivity (Wildman–Crippen MR) is 91.0 cm³/mol. The molecule has 1 saturated heterocycles. The average Bonchev–Trinajstić information content (AvgIpc) is 3.09. The smallest absolute Gasteiger partial charge is 0.326 e. The number of likely N-dealkylation sites (tertiary alicyclic amines) is 1. The molecule has 3 rings (SSSR count). The van der Waals surface area contributed by atoms with Gasteiger partial charge in [0.25, 0.3) is 0 Å². The SMILES string of the molecule is O=C(O)[C@H]1CCCN1C(=O)CCCOc1cccc2ccccc12. The molecule has 1 aliphatic heterocycles. The fraction of sp³-hybridized carbons (Fsp3) is 0.368. The van der Waals surface area contributed by atoms with E-state index in [0.29, 0.717) is 32.4 Å². The molecule has 2 aromatic carbocycles. The van der Waals surface area contributed by atoms with E-state index in [1.807, 2.05) is 42.5 Å². The topological polar surface area (TPSA) is 66.8 Å². The van der Waals surface area contributed by atoms with E-state index in [-0.39, 0.29) is 5.91 Å². The van der Waals surface area contributed by atoms with E-state index < -0.39 is 12.0 Å². The van der Waals surface area contributed by atoms with Gasteiger partial charge >= 0.3 is 5.97 Å². The maximum Gasteiger partial charge on any atom is 0.326 e. The lowest BCUT2D eigenvalue weighted by atomic mass is 10.1. The Morgan fingerprint density at radius 1 is 1.17 bits per heavy atom. The number of hydrogen-bond acceptors (Lipinski definition) is 3. The zero-order valence-electron chi connectivity index (χ0n) is 13.5. The van der Waals surface area contributed by atoms with Gasteiger partial charge < -0.3 is 14.7 Å². The molecule has 0 bridgehead atoms. The zero-order chi connectivity index (χ0) is 16.9. The average molecular weight is 327 g/mol. The molecule has 1 amide bonds. The number of carboxylic acids is 1. The molecule has 5 heteroatoms. The molecule has 0 aromatic heterocycles. The van der Waals surface area contributed by atoms with E-state index in [0.717, 1.165) is 22.9 Å². The maximum atomic E-state index is 12.2. The standard InChI is InChI=1S/C19H21NO4/c21-18(20-12-4-9-16(20)19(22)23)11-5-13-24-17-10-3-7-14-6-1-2-8-15(14)17/h1-3,6-8,10,16H,4-5,9,11-13H2,(H,22,23)/t16-/m1/s1. The highest BCUT2D eigenvalue weighted by atomic mass is 16.5. The lowest BCUT2D eigenvalue weighted by Gasteiger charge is -2.21. The van der Waals surface area contributed by atoms with E-state index in [1.54, 1.807) is 0 Å². The van der Waals surface area contributed by atoms with Gasteiger partial charge in [0.1, 0.15) is 11.8 Å². The normalized spacial score (nSPS) is 17.2. The highest BCUT2D eigenvalue weighted by Gasteiger charge is 2.33. The Hall–Kier alpha value is -2.56. The molecule has 24 heavy (non-hydrogen) atoms. The Balaban J connectivity index is 1.52. The van der Waals surface area contributed by atoms with E-state index in [2.05, 4.69) is 0 Å². The third-order valence-corrected chi connectivity index (χ3v) is 4.40. The van der Waals surface area contributed by atoms with Crippen molar-refractivity contribution in [2.24, 2.45) is 0 Å². The highest BCUT2D eigenvalue weighted by Crippen LogP contribution is 2.25. The summed E-state index contributed by atoms with van der Waals surface area (Å²) in [5, 5.41) is 11.3. The fourth-order valence-electron chi connectivity index (χ4n) is 3.19. The Bertz CT molecular complexity index is 738. The summed E-state index contributed by atoms with van der Waals surface area (Å²) in [6.07, 6.45) is 2.20. The van der Waals surface area contributed by atoms with Crippen molar-refractivity contribution < 1.29 is 19.4 Å². The summed E-state index contributed by atoms with van der Waals surface area (Å²) in [4.78, 5) is 24.8.